The van der Waals surface area contributed by atoms with Crippen LogP contribution in [0.15, 0.2) is 54.6 Å². The van der Waals surface area contributed by atoms with Crippen molar-refractivity contribution in [1.82, 2.24) is 10.2 Å². The number of urea groups is 1. The Morgan fingerprint density at radius 3 is 2.47 bits per heavy atom. The zero-order chi connectivity index (χ0) is 24.1. The minimum absolute atomic E-state index is 0.00226. The third-order valence-electron chi connectivity index (χ3n) is 6.41. The molecule has 8 nitrogen and oxygen atoms in total. The lowest BCUT2D eigenvalue weighted by atomic mass is 9.98. The molecule has 0 bridgehead atoms. The van der Waals surface area contributed by atoms with Crippen LogP contribution >= 0.6 is 0 Å². The first-order valence-electron chi connectivity index (χ1n) is 11.7. The van der Waals surface area contributed by atoms with Gasteiger partial charge in [-0.2, -0.15) is 0 Å². The molecule has 1 spiro atoms. The Bertz CT molecular complexity index is 1080. The van der Waals surface area contributed by atoms with Crippen molar-refractivity contribution in [3.8, 4) is 11.1 Å². The van der Waals surface area contributed by atoms with E-state index in [0.29, 0.717) is 18.5 Å². The molecule has 2 N–H and O–H groups in total. The van der Waals surface area contributed by atoms with Crippen LogP contribution in [0.5, 0.6) is 0 Å². The van der Waals surface area contributed by atoms with E-state index in [1.54, 1.807) is 6.07 Å². The van der Waals surface area contributed by atoms with Gasteiger partial charge in [0.25, 0.3) is 11.8 Å². The average Bonchev–Trinajstić information content (AvgIpc) is 3.40. The highest BCUT2D eigenvalue weighted by atomic mass is 16.5. The number of ether oxygens (including phenoxy) is 1. The molecular formula is C26H29N3O5. The van der Waals surface area contributed by atoms with Crippen LogP contribution in [-0.4, -0.2) is 46.9 Å². The monoisotopic (exact) mass is 463 g/mol. The molecule has 2 fully saturated rings. The SMILES string of the molecule is C[C@H](OC(=O)CCCN1C(=O)NC2(CCCC2)C1=O)C(=O)Nc1ccccc1-c1ccccc1. The molecule has 8 heteroatoms. The minimum atomic E-state index is -0.991. The molecule has 4 rings (SSSR count). The van der Waals surface area contributed by atoms with Gasteiger partial charge < -0.3 is 15.4 Å². The maximum atomic E-state index is 12.7. The van der Waals surface area contributed by atoms with Gasteiger partial charge >= 0.3 is 12.0 Å². The Balaban J connectivity index is 1.26. The van der Waals surface area contributed by atoms with Crippen molar-refractivity contribution >= 4 is 29.5 Å². The molecule has 0 radical (unpaired) electrons. The number of nitrogens with one attached hydrogen (secondary N) is 2. The van der Waals surface area contributed by atoms with Crippen LogP contribution in [0, 0.1) is 0 Å². The molecule has 2 aliphatic rings. The van der Waals surface area contributed by atoms with Crippen LogP contribution in [-0.2, 0) is 19.1 Å². The quantitative estimate of drug-likeness (QED) is 0.457. The van der Waals surface area contributed by atoms with E-state index in [1.165, 1.54) is 11.8 Å². The van der Waals surface area contributed by atoms with E-state index in [4.69, 9.17) is 4.74 Å². The number of amides is 4. The molecule has 1 saturated carbocycles. The molecule has 1 saturated heterocycles. The molecule has 1 heterocycles. The minimum Gasteiger partial charge on any atom is -0.453 e. The molecule has 0 aromatic heterocycles. The number of hydrogen-bond acceptors (Lipinski definition) is 5. The fourth-order valence-electron chi connectivity index (χ4n) is 4.58. The first-order chi connectivity index (χ1) is 16.4. The van der Waals surface area contributed by atoms with Gasteiger partial charge in [-0.25, -0.2) is 4.79 Å². The molecule has 0 unspecified atom stereocenters. The van der Waals surface area contributed by atoms with Gasteiger partial charge in [-0.05, 0) is 37.8 Å². The maximum Gasteiger partial charge on any atom is 0.325 e. The van der Waals surface area contributed by atoms with Crippen LogP contribution in [0.4, 0.5) is 10.5 Å². The van der Waals surface area contributed by atoms with Crippen LogP contribution < -0.4 is 10.6 Å². The van der Waals surface area contributed by atoms with E-state index in [2.05, 4.69) is 10.6 Å². The third-order valence-corrected chi connectivity index (χ3v) is 6.41. The Kier molecular flexibility index (Phi) is 6.95. The number of para-hydroxylation sites is 1. The molecular weight excluding hydrogens is 434 g/mol. The van der Waals surface area contributed by atoms with Crippen molar-refractivity contribution in [3.63, 3.8) is 0 Å². The highest BCUT2D eigenvalue weighted by Crippen LogP contribution is 2.35. The van der Waals surface area contributed by atoms with E-state index < -0.39 is 29.6 Å². The van der Waals surface area contributed by atoms with Crippen LogP contribution in [0.25, 0.3) is 11.1 Å². The summed E-state index contributed by atoms with van der Waals surface area (Å²) in [4.78, 5) is 51.0. The maximum absolute atomic E-state index is 12.7. The molecule has 1 aliphatic heterocycles. The summed E-state index contributed by atoms with van der Waals surface area (Å²) < 4.78 is 5.29. The normalized spacial score (nSPS) is 17.5. The second-order valence-corrected chi connectivity index (χ2v) is 8.81. The molecule has 1 atom stereocenters. The summed E-state index contributed by atoms with van der Waals surface area (Å²) in [6, 6.07) is 16.7. The second kappa shape index (κ2) is 10.1. The molecule has 34 heavy (non-hydrogen) atoms. The summed E-state index contributed by atoms with van der Waals surface area (Å²) in [5, 5.41) is 5.65. The van der Waals surface area contributed by atoms with Crippen molar-refractivity contribution in [3.05, 3.63) is 54.6 Å². The van der Waals surface area contributed by atoms with Gasteiger partial charge in [0.1, 0.15) is 5.54 Å². The number of benzene rings is 2. The lowest BCUT2D eigenvalue weighted by molar-refractivity contribution is -0.153. The van der Waals surface area contributed by atoms with Gasteiger partial charge in [-0.3, -0.25) is 19.3 Å². The van der Waals surface area contributed by atoms with Gasteiger partial charge in [0, 0.05) is 24.2 Å². The fraction of sp³-hybridized carbons (Fsp3) is 0.385. The Morgan fingerprint density at radius 1 is 1.06 bits per heavy atom. The van der Waals surface area contributed by atoms with Gasteiger partial charge in [0.05, 0.1) is 0 Å². The van der Waals surface area contributed by atoms with Crippen molar-refractivity contribution in [1.29, 1.82) is 0 Å². The van der Waals surface area contributed by atoms with Crippen molar-refractivity contribution in [2.45, 2.75) is 57.1 Å². The van der Waals surface area contributed by atoms with Crippen molar-refractivity contribution in [2.75, 3.05) is 11.9 Å². The lowest BCUT2D eigenvalue weighted by Crippen LogP contribution is -2.44. The number of imide groups is 1. The highest BCUT2D eigenvalue weighted by Gasteiger charge is 2.52. The van der Waals surface area contributed by atoms with E-state index in [-0.39, 0.29) is 25.3 Å². The summed E-state index contributed by atoms with van der Waals surface area (Å²) in [7, 11) is 0. The highest BCUT2D eigenvalue weighted by molar-refractivity contribution is 6.07. The number of rotatable bonds is 8. The van der Waals surface area contributed by atoms with Crippen LogP contribution in [0.1, 0.15) is 45.4 Å². The van der Waals surface area contributed by atoms with Gasteiger partial charge in [0.2, 0.25) is 0 Å². The van der Waals surface area contributed by atoms with E-state index in [1.807, 2.05) is 48.5 Å². The third kappa shape index (κ3) is 4.95. The van der Waals surface area contributed by atoms with E-state index >= 15 is 0 Å². The summed E-state index contributed by atoms with van der Waals surface area (Å²) in [6.07, 6.45) is 2.45. The predicted octanol–water partition coefficient (Wildman–Crippen LogP) is 3.87. The first-order valence-corrected chi connectivity index (χ1v) is 11.7. The predicted molar refractivity (Wildman–Crippen MR) is 127 cm³/mol. The van der Waals surface area contributed by atoms with E-state index in [9.17, 15) is 19.2 Å². The molecule has 4 amide bonds. The fourth-order valence-corrected chi connectivity index (χ4v) is 4.58. The number of hydrogen-bond donors (Lipinski definition) is 2. The summed E-state index contributed by atoms with van der Waals surface area (Å²) in [5.41, 5.74) is 1.70. The topological polar surface area (TPSA) is 105 Å². The Morgan fingerprint density at radius 2 is 1.74 bits per heavy atom. The Labute approximate surface area is 198 Å². The van der Waals surface area contributed by atoms with Gasteiger partial charge in [-0.1, -0.05) is 61.4 Å². The van der Waals surface area contributed by atoms with Crippen molar-refractivity contribution in [2.24, 2.45) is 0 Å². The zero-order valence-electron chi connectivity index (χ0n) is 19.2. The van der Waals surface area contributed by atoms with Crippen LogP contribution in [0.3, 0.4) is 0 Å². The Hall–Kier alpha value is -3.68. The van der Waals surface area contributed by atoms with Gasteiger partial charge in [-0.15, -0.1) is 0 Å². The smallest absolute Gasteiger partial charge is 0.325 e. The molecule has 2 aromatic rings. The number of esters is 1. The summed E-state index contributed by atoms with van der Waals surface area (Å²) >= 11 is 0. The molecule has 1 aliphatic carbocycles. The zero-order valence-corrected chi connectivity index (χ0v) is 19.2. The molecule has 178 valence electrons. The van der Waals surface area contributed by atoms with Crippen LogP contribution in [0.2, 0.25) is 0 Å². The molecule has 2 aromatic carbocycles. The van der Waals surface area contributed by atoms with E-state index in [0.717, 1.165) is 24.0 Å². The lowest BCUT2D eigenvalue weighted by Gasteiger charge is -2.20. The number of nitrogens with zero attached hydrogens (tertiary/aromatic N) is 1. The standard InChI is InChI=1S/C26H29N3O5/c1-18(23(31)27-21-13-6-5-12-20(21)19-10-3-2-4-11-19)34-22(30)14-9-17-29-24(32)26(28-25(29)33)15-7-8-16-26/h2-6,10-13,18H,7-9,14-17H2,1H3,(H,27,31)(H,28,33)/t18-/m0/s1. The second-order valence-electron chi connectivity index (χ2n) is 8.81. The number of anilines is 1. The van der Waals surface area contributed by atoms with Crippen molar-refractivity contribution < 1.29 is 23.9 Å². The number of carbonyl (C=O) groups is 4. The average molecular weight is 464 g/mol. The summed E-state index contributed by atoms with van der Waals surface area (Å²) in [5.74, 6) is -1.19. The first kappa shape index (κ1) is 23.5. The van der Waals surface area contributed by atoms with Gasteiger partial charge in [0.15, 0.2) is 6.10 Å². The largest absolute Gasteiger partial charge is 0.453 e. The number of carbonyl (C=O) groups excluding carboxylic acids is 4. The summed E-state index contributed by atoms with van der Waals surface area (Å²) in [6.45, 7) is 1.66.